The van der Waals surface area contributed by atoms with E-state index in [1.165, 1.54) is 0 Å². The highest BCUT2D eigenvalue weighted by atomic mass is 79.9. The van der Waals surface area contributed by atoms with Crippen molar-refractivity contribution in [2.45, 2.75) is 18.7 Å². The van der Waals surface area contributed by atoms with Crippen molar-refractivity contribution in [3.05, 3.63) is 117 Å². The van der Waals surface area contributed by atoms with E-state index in [1.807, 2.05) is 41.4 Å². The van der Waals surface area contributed by atoms with Crippen LogP contribution in [0.25, 0.3) is 0 Å². The number of ether oxygens (including phenoxy) is 2. The molecule has 0 fully saturated rings. The molecule has 8 heteroatoms. The van der Waals surface area contributed by atoms with E-state index in [9.17, 15) is 4.79 Å². The maximum Gasteiger partial charge on any atom is 0.343 e. The maximum absolute atomic E-state index is 12.5. The molecule has 0 spiro atoms. The molecule has 2 aliphatic heterocycles. The fourth-order valence-electron chi connectivity index (χ4n) is 4.32. The smallest absolute Gasteiger partial charge is 0.343 e. The van der Waals surface area contributed by atoms with E-state index in [0.29, 0.717) is 17.7 Å². The van der Waals surface area contributed by atoms with Crippen LogP contribution in [0.3, 0.4) is 0 Å². The van der Waals surface area contributed by atoms with Crippen molar-refractivity contribution in [3.8, 4) is 11.5 Å². The highest BCUT2D eigenvalue weighted by molar-refractivity contribution is 9.10. The van der Waals surface area contributed by atoms with Gasteiger partial charge in [0.2, 0.25) is 6.23 Å². The van der Waals surface area contributed by atoms with Crippen LogP contribution in [0, 0.1) is 0 Å². The second-order valence-electron chi connectivity index (χ2n) is 8.24. The minimum absolute atomic E-state index is 0.0104. The van der Waals surface area contributed by atoms with E-state index in [0.717, 1.165) is 37.3 Å². The van der Waals surface area contributed by atoms with Crippen molar-refractivity contribution in [2.24, 2.45) is 5.10 Å². The lowest BCUT2D eigenvalue weighted by Crippen LogP contribution is -2.33. The van der Waals surface area contributed by atoms with Gasteiger partial charge < -0.3 is 13.9 Å². The fraction of sp³-hybridized carbons (Fsp3) is 0.111. The molecule has 3 heterocycles. The molecule has 4 aromatic rings. The third kappa shape index (κ3) is 4.28. The summed E-state index contributed by atoms with van der Waals surface area (Å²) < 4.78 is 19.5. The summed E-state index contributed by atoms with van der Waals surface area (Å²) >= 11 is 6.95. The van der Waals surface area contributed by atoms with Gasteiger partial charge in [-0.15, -0.1) is 0 Å². The van der Waals surface area contributed by atoms with Crippen molar-refractivity contribution in [3.63, 3.8) is 0 Å². The number of rotatable bonds is 4. The van der Waals surface area contributed by atoms with Crippen molar-refractivity contribution in [1.82, 2.24) is 5.01 Å². The van der Waals surface area contributed by atoms with Crippen LogP contribution in [0.15, 0.2) is 104 Å². The minimum atomic E-state index is -0.433. The van der Waals surface area contributed by atoms with Crippen LogP contribution in [0.2, 0.25) is 0 Å². The monoisotopic (exact) mass is 592 g/mol. The Bertz CT molecular complexity index is 1420. The number of carbonyl (C=O) groups excluding carboxylic acids is 1. The molecule has 0 radical (unpaired) electrons. The van der Waals surface area contributed by atoms with Gasteiger partial charge >= 0.3 is 5.97 Å². The molecule has 6 rings (SSSR count). The van der Waals surface area contributed by atoms with E-state index in [-0.39, 0.29) is 6.04 Å². The second kappa shape index (κ2) is 9.02. The van der Waals surface area contributed by atoms with E-state index in [2.05, 4.69) is 37.9 Å². The van der Waals surface area contributed by atoms with E-state index in [1.54, 1.807) is 42.7 Å². The molecule has 6 nitrogen and oxygen atoms in total. The summed E-state index contributed by atoms with van der Waals surface area (Å²) in [6.07, 6.45) is 1.93. The number of furan rings is 1. The number of hydrogen-bond acceptors (Lipinski definition) is 6. The topological polar surface area (TPSA) is 64.3 Å². The molecule has 174 valence electrons. The number of benzene rings is 3. The minimum Gasteiger partial charge on any atom is -0.464 e. The van der Waals surface area contributed by atoms with Crippen LogP contribution in [0.1, 0.15) is 45.9 Å². The molecule has 2 atom stereocenters. The van der Waals surface area contributed by atoms with Gasteiger partial charge in [0.05, 0.1) is 17.9 Å². The number of nitrogens with zero attached hydrogens (tertiary/aromatic N) is 2. The molecule has 0 N–H and O–H groups in total. The first kappa shape index (κ1) is 22.1. The molecule has 0 unspecified atom stereocenters. The number of hydrogen-bond donors (Lipinski definition) is 0. The second-order valence-corrected chi connectivity index (χ2v) is 10.1. The zero-order chi connectivity index (χ0) is 23.9. The Kier molecular flexibility index (Phi) is 5.70. The molecular weight excluding hydrogens is 576 g/mol. The number of halogens is 2. The van der Waals surface area contributed by atoms with Gasteiger partial charge in [0.1, 0.15) is 23.0 Å². The summed E-state index contributed by atoms with van der Waals surface area (Å²) in [5.41, 5.74) is 3.33. The molecule has 0 amide bonds. The van der Waals surface area contributed by atoms with Crippen molar-refractivity contribution < 1.29 is 18.7 Å². The average Bonchev–Trinajstić information content (AvgIpc) is 3.55. The Morgan fingerprint density at radius 1 is 0.971 bits per heavy atom. The molecule has 0 saturated heterocycles. The number of hydrazone groups is 1. The predicted molar refractivity (Wildman–Crippen MR) is 137 cm³/mol. The quantitative estimate of drug-likeness (QED) is 0.184. The summed E-state index contributed by atoms with van der Waals surface area (Å²) in [6.45, 7) is 0. The van der Waals surface area contributed by atoms with Crippen LogP contribution < -0.4 is 9.47 Å². The lowest BCUT2D eigenvalue weighted by Gasteiger charge is -2.38. The van der Waals surface area contributed by atoms with E-state index >= 15 is 0 Å². The highest BCUT2D eigenvalue weighted by Crippen LogP contribution is 2.48. The SMILES string of the molecule is O=C(Oc1ccc([C@@H]2Oc3ccc(Br)cc3[C@H]3CC(c4ccco4)=NN32)cc1)c1ccc(Br)cc1. The van der Waals surface area contributed by atoms with Gasteiger partial charge in [-0.2, -0.15) is 5.10 Å². The van der Waals surface area contributed by atoms with Crippen LogP contribution in [0.4, 0.5) is 0 Å². The third-order valence-electron chi connectivity index (χ3n) is 6.01. The van der Waals surface area contributed by atoms with Gasteiger partial charge in [-0.05, 0) is 78.9 Å². The Morgan fingerprint density at radius 3 is 2.49 bits per heavy atom. The molecule has 35 heavy (non-hydrogen) atoms. The van der Waals surface area contributed by atoms with Crippen molar-refractivity contribution in [2.75, 3.05) is 0 Å². The normalized spacial score (nSPS) is 18.3. The number of esters is 1. The van der Waals surface area contributed by atoms with Crippen LogP contribution in [-0.4, -0.2) is 16.7 Å². The van der Waals surface area contributed by atoms with Crippen LogP contribution in [0.5, 0.6) is 11.5 Å². The Hall–Kier alpha value is -3.36. The summed E-state index contributed by atoms with van der Waals surface area (Å²) in [4.78, 5) is 12.5. The first-order valence-corrected chi connectivity index (χ1v) is 12.6. The van der Waals surface area contributed by atoms with Crippen LogP contribution >= 0.6 is 31.9 Å². The molecule has 2 aliphatic rings. The van der Waals surface area contributed by atoms with Crippen molar-refractivity contribution in [1.29, 1.82) is 0 Å². The van der Waals surface area contributed by atoms with Gasteiger partial charge in [-0.25, -0.2) is 9.80 Å². The molecule has 0 bridgehead atoms. The van der Waals surface area contributed by atoms with Gasteiger partial charge in [-0.1, -0.05) is 31.9 Å². The van der Waals surface area contributed by atoms with E-state index < -0.39 is 12.2 Å². The third-order valence-corrected chi connectivity index (χ3v) is 7.04. The average molecular weight is 594 g/mol. The highest BCUT2D eigenvalue weighted by Gasteiger charge is 2.41. The fourth-order valence-corrected chi connectivity index (χ4v) is 4.97. The summed E-state index contributed by atoms with van der Waals surface area (Å²) in [5.74, 6) is 1.62. The molecule has 1 aromatic heterocycles. The van der Waals surface area contributed by atoms with Gasteiger partial charge in [0.25, 0.3) is 0 Å². The molecule has 0 saturated carbocycles. The van der Waals surface area contributed by atoms with Gasteiger partial charge in [-0.3, -0.25) is 0 Å². The molecule has 3 aromatic carbocycles. The van der Waals surface area contributed by atoms with E-state index in [4.69, 9.17) is 19.0 Å². The Morgan fingerprint density at radius 2 is 1.74 bits per heavy atom. The van der Waals surface area contributed by atoms with Gasteiger partial charge in [0, 0.05) is 26.5 Å². The number of fused-ring (bicyclic) bond motifs is 3. The first-order chi connectivity index (χ1) is 17.0. The predicted octanol–water partition coefficient (Wildman–Crippen LogP) is 7.27. The molecular formula is C27H18Br2N2O4. The standard InChI is InChI=1S/C27H18Br2N2O4/c28-18-7-3-17(4-8-18)27(32)34-20-10-5-16(6-11-20)26-31-23(15-22(30-31)25-2-1-13-33-25)21-14-19(29)9-12-24(21)35-26/h1-14,23,26H,15H2/t23-,26+/m1/s1. The zero-order valence-corrected chi connectivity index (χ0v) is 21.4. The first-order valence-electron chi connectivity index (χ1n) is 11.0. The Labute approximate surface area is 218 Å². The van der Waals surface area contributed by atoms with Crippen LogP contribution in [-0.2, 0) is 0 Å². The zero-order valence-electron chi connectivity index (χ0n) is 18.2. The number of carbonyl (C=O) groups is 1. The lowest BCUT2D eigenvalue weighted by atomic mass is 9.97. The van der Waals surface area contributed by atoms with Gasteiger partial charge in [0.15, 0.2) is 0 Å². The summed E-state index contributed by atoms with van der Waals surface area (Å²) in [7, 11) is 0. The largest absolute Gasteiger partial charge is 0.464 e. The maximum atomic E-state index is 12.5. The lowest BCUT2D eigenvalue weighted by molar-refractivity contribution is -0.0191. The Balaban J connectivity index is 1.28. The molecule has 0 aliphatic carbocycles. The summed E-state index contributed by atoms with van der Waals surface area (Å²) in [5, 5.41) is 6.86. The summed E-state index contributed by atoms with van der Waals surface area (Å²) in [6, 6.07) is 24.2. The van der Waals surface area contributed by atoms with Crippen molar-refractivity contribution >= 4 is 43.5 Å².